The fourth-order valence-corrected chi connectivity index (χ4v) is 2.90. The third-order valence-corrected chi connectivity index (χ3v) is 3.89. The van der Waals surface area contributed by atoms with Crippen LogP contribution in [0.5, 0.6) is 0 Å². The van der Waals surface area contributed by atoms with Crippen molar-refractivity contribution in [1.29, 1.82) is 0 Å². The van der Waals surface area contributed by atoms with Gasteiger partial charge >= 0.3 is 0 Å². The predicted octanol–water partition coefficient (Wildman–Crippen LogP) is 2.64. The number of hydrogen-bond acceptors (Lipinski definition) is 2. The van der Waals surface area contributed by atoms with Crippen LogP contribution in [-0.2, 0) is 0 Å². The van der Waals surface area contributed by atoms with Crippen LogP contribution in [0.25, 0.3) is 0 Å². The molecule has 2 nitrogen and oxygen atoms in total. The fraction of sp³-hybridized carbons (Fsp3) is 1.00. The molecule has 1 rings (SSSR count). The van der Waals surface area contributed by atoms with E-state index in [1.807, 2.05) is 0 Å². The molecule has 15 heavy (non-hydrogen) atoms. The Kier molecular flexibility index (Phi) is 5.62. The minimum Gasteiger partial charge on any atom is -0.314 e. The molecule has 0 spiro atoms. The third-order valence-electron chi connectivity index (χ3n) is 3.89. The van der Waals surface area contributed by atoms with Crippen LogP contribution in [0.4, 0.5) is 0 Å². The maximum absolute atomic E-state index is 3.58. The van der Waals surface area contributed by atoms with E-state index in [0.717, 1.165) is 24.7 Å². The summed E-state index contributed by atoms with van der Waals surface area (Å²) in [4.78, 5) is 2.69. The van der Waals surface area contributed by atoms with E-state index in [-0.39, 0.29) is 0 Å². The molecule has 1 aliphatic carbocycles. The third kappa shape index (κ3) is 3.46. The van der Waals surface area contributed by atoms with E-state index in [4.69, 9.17) is 0 Å². The first-order chi connectivity index (χ1) is 7.22. The molecule has 0 heterocycles. The molecule has 0 amide bonds. The lowest BCUT2D eigenvalue weighted by Crippen LogP contribution is -2.41. The van der Waals surface area contributed by atoms with Crippen molar-refractivity contribution in [3.05, 3.63) is 0 Å². The van der Waals surface area contributed by atoms with E-state index in [9.17, 15) is 0 Å². The Labute approximate surface area is 95.4 Å². The van der Waals surface area contributed by atoms with Crippen LogP contribution in [0.15, 0.2) is 0 Å². The van der Waals surface area contributed by atoms with E-state index in [1.165, 1.54) is 32.2 Å². The van der Waals surface area contributed by atoms with Crippen LogP contribution in [-0.4, -0.2) is 36.1 Å². The molecule has 0 aromatic heterocycles. The lowest BCUT2D eigenvalue weighted by Gasteiger charge is -2.33. The first-order valence-corrected chi connectivity index (χ1v) is 6.71. The molecule has 3 unspecified atom stereocenters. The lowest BCUT2D eigenvalue weighted by atomic mass is 10.1. The van der Waals surface area contributed by atoms with E-state index in [1.54, 1.807) is 0 Å². The molecule has 0 bridgehead atoms. The Bertz CT molecular complexity index is 170. The van der Waals surface area contributed by atoms with Crippen LogP contribution in [0.2, 0.25) is 0 Å². The molecule has 1 aliphatic rings. The molecule has 0 radical (unpaired) electrons. The smallest absolute Gasteiger partial charge is 0.0113 e. The van der Waals surface area contributed by atoms with Crippen molar-refractivity contribution in [3.8, 4) is 0 Å². The molecule has 1 N–H and O–H groups in total. The average Bonchev–Trinajstić information content (AvgIpc) is 2.68. The van der Waals surface area contributed by atoms with Crippen LogP contribution < -0.4 is 5.32 Å². The van der Waals surface area contributed by atoms with Crippen molar-refractivity contribution in [2.24, 2.45) is 0 Å². The van der Waals surface area contributed by atoms with E-state index < -0.39 is 0 Å². The quantitative estimate of drug-likeness (QED) is 0.728. The van der Waals surface area contributed by atoms with Gasteiger partial charge < -0.3 is 5.32 Å². The van der Waals surface area contributed by atoms with Gasteiger partial charge in [0.05, 0.1) is 0 Å². The summed E-state index contributed by atoms with van der Waals surface area (Å²) in [7, 11) is 0. The van der Waals surface area contributed by atoms with Gasteiger partial charge in [0.1, 0.15) is 0 Å². The molecular formula is C13H28N2. The second kappa shape index (κ2) is 6.49. The zero-order chi connectivity index (χ0) is 11.3. The van der Waals surface area contributed by atoms with Gasteiger partial charge in [-0.1, -0.05) is 20.8 Å². The molecule has 0 saturated heterocycles. The van der Waals surface area contributed by atoms with Crippen molar-refractivity contribution < 1.29 is 0 Å². The standard InChI is InChI=1S/C13H28N2/c1-5-11(4)15(7-3)13-9-8-12(10-13)14-6-2/h11-14H,5-10H2,1-4H3. The molecule has 90 valence electrons. The zero-order valence-corrected chi connectivity index (χ0v) is 10.9. The Morgan fingerprint density at radius 1 is 1.27 bits per heavy atom. The molecule has 1 saturated carbocycles. The van der Waals surface area contributed by atoms with Gasteiger partial charge in [-0.25, -0.2) is 0 Å². The van der Waals surface area contributed by atoms with E-state index in [0.29, 0.717) is 0 Å². The predicted molar refractivity (Wildman–Crippen MR) is 67.2 cm³/mol. The van der Waals surface area contributed by atoms with Crippen molar-refractivity contribution in [3.63, 3.8) is 0 Å². The van der Waals surface area contributed by atoms with Gasteiger partial charge in [-0.15, -0.1) is 0 Å². The normalized spacial score (nSPS) is 28.6. The highest BCUT2D eigenvalue weighted by Gasteiger charge is 2.29. The highest BCUT2D eigenvalue weighted by atomic mass is 15.2. The summed E-state index contributed by atoms with van der Waals surface area (Å²) in [5.74, 6) is 0. The Morgan fingerprint density at radius 2 is 2.00 bits per heavy atom. The summed E-state index contributed by atoms with van der Waals surface area (Å²) in [6.45, 7) is 11.5. The minimum absolute atomic E-state index is 0.750. The van der Waals surface area contributed by atoms with Crippen molar-refractivity contribution in [2.45, 2.75) is 71.5 Å². The molecule has 0 aromatic rings. The summed E-state index contributed by atoms with van der Waals surface area (Å²) in [6.07, 6.45) is 5.38. The number of nitrogens with one attached hydrogen (secondary N) is 1. The highest BCUT2D eigenvalue weighted by molar-refractivity contribution is 4.87. The van der Waals surface area contributed by atoms with Gasteiger partial charge in [0.2, 0.25) is 0 Å². The molecule has 0 aromatic carbocycles. The highest BCUT2D eigenvalue weighted by Crippen LogP contribution is 2.26. The first kappa shape index (κ1) is 13.0. The van der Waals surface area contributed by atoms with Gasteiger partial charge in [0.15, 0.2) is 0 Å². The monoisotopic (exact) mass is 212 g/mol. The molecular weight excluding hydrogens is 184 g/mol. The van der Waals surface area contributed by atoms with Crippen LogP contribution >= 0.6 is 0 Å². The lowest BCUT2D eigenvalue weighted by molar-refractivity contribution is 0.148. The van der Waals surface area contributed by atoms with Crippen LogP contribution in [0.3, 0.4) is 0 Å². The topological polar surface area (TPSA) is 15.3 Å². The number of rotatable bonds is 6. The van der Waals surface area contributed by atoms with Gasteiger partial charge in [-0.2, -0.15) is 0 Å². The maximum Gasteiger partial charge on any atom is 0.0113 e. The molecule has 0 aliphatic heterocycles. The van der Waals surface area contributed by atoms with Crippen molar-refractivity contribution >= 4 is 0 Å². The summed E-state index contributed by atoms with van der Waals surface area (Å²) < 4.78 is 0. The first-order valence-electron chi connectivity index (χ1n) is 6.71. The maximum atomic E-state index is 3.58. The summed E-state index contributed by atoms with van der Waals surface area (Å²) in [5.41, 5.74) is 0. The second-order valence-corrected chi connectivity index (χ2v) is 4.81. The number of nitrogens with zero attached hydrogens (tertiary/aromatic N) is 1. The largest absolute Gasteiger partial charge is 0.314 e. The van der Waals surface area contributed by atoms with E-state index in [2.05, 4.69) is 37.9 Å². The van der Waals surface area contributed by atoms with Gasteiger partial charge in [0, 0.05) is 18.1 Å². The number of hydrogen-bond donors (Lipinski definition) is 1. The van der Waals surface area contributed by atoms with Gasteiger partial charge in [-0.3, -0.25) is 4.90 Å². The second-order valence-electron chi connectivity index (χ2n) is 4.81. The summed E-state index contributed by atoms with van der Waals surface area (Å²) >= 11 is 0. The SMILES string of the molecule is CCNC1CCC(N(CC)C(C)CC)C1. The Balaban J connectivity index is 2.42. The minimum atomic E-state index is 0.750. The average molecular weight is 212 g/mol. The van der Waals surface area contributed by atoms with Crippen molar-refractivity contribution in [2.75, 3.05) is 13.1 Å². The summed E-state index contributed by atoms with van der Waals surface area (Å²) in [6, 6.07) is 2.35. The van der Waals surface area contributed by atoms with Crippen molar-refractivity contribution in [1.82, 2.24) is 10.2 Å². The van der Waals surface area contributed by atoms with E-state index >= 15 is 0 Å². The van der Waals surface area contributed by atoms with Gasteiger partial charge in [0.25, 0.3) is 0 Å². The van der Waals surface area contributed by atoms with Crippen LogP contribution in [0, 0.1) is 0 Å². The zero-order valence-electron chi connectivity index (χ0n) is 10.9. The molecule has 1 fully saturated rings. The van der Waals surface area contributed by atoms with Gasteiger partial charge in [-0.05, 0) is 45.7 Å². The van der Waals surface area contributed by atoms with Crippen LogP contribution in [0.1, 0.15) is 53.4 Å². The summed E-state index contributed by atoms with van der Waals surface area (Å²) in [5, 5.41) is 3.58. The molecule has 2 heteroatoms. The fourth-order valence-electron chi connectivity index (χ4n) is 2.90. The Morgan fingerprint density at radius 3 is 2.53 bits per heavy atom. The Hall–Kier alpha value is -0.0800. The molecule has 3 atom stereocenters.